The van der Waals surface area contributed by atoms with Crippen LogP contribution in [-0.2, 0) is 88.9 Å². The molecule has 2 saturated heterocycles. The van der Waals surface area contributed by atoms with Crippen molar-refractivity contribution in [1.82, 2.24) is 19.6 Å². The van der Waals surface area contributed by atoms with Gasteiger partial charge in [0.05, 0.1) is 0 Å². The van der Waals surface area contributed by atoms with Crippen molar-refractivity contribution in [2.45, 2.75) is 239 Å². The van der Waals surface area contributed by atoms with Crippen molar-refractivity contribution in [3.8, 4) is 0 Å². The first-order valence-corrected chi connectivity index (χ1v) is 23.1. The Morgan fingerprint density at radius 1 is 0.348 bits per heavy atom. The molecule has 0 aromatic heterocycles. The molecule has 0 unspecified atom stereocenters. The number of hydrogen-bond acceptors (Lipinski definition) is 4. The maximum absolute atomic E-state index is 4.75. The predicted octanol–water partition coefficient (Wildman–Crippen LogP) is 9.25. The van der Waals surface area contributed by atoms with Gasteiger partial charge in [0.2, 0.25) is 0 Å². The minimum absolute atomic E-state index is 0. The topological polar surface area (TPSA) is 98.2 Å². The van der Waals surface area contributed by atoms with Gasteiger partial charge in [-0.05, 0) is 56.4 Å². The Morgan fingerprint density at radius 3 is 0.530 bits per heavy atom. The second-order valence-corrected chi connectivity index (χ2v) is 22.1. The van der Waals surface area contributed by atoms with Crippen LogP contribution in [0.4, 0.5) is 0 Å². The van der Waals surface area contributed by atoms with E-state index in [9.17, 15) is 0 Å². The number of likely N-dealkylation sites (N-methyl/N-ethyl adjacent to an activating group) is 4. The van der Waals surface area contributed by atoms with Crippen LogP contribution in [-0.4, -0.2) is 124 Å². The van der Waals surface area contributed by atoms with E-state index >= 15 is 0 Å². The minimum Gasteiger partial charge on any atom is -2.00 e. The van der Waals surface area contributed by atoms with E-state index in [0.717, 1.165) is 26.2 Å². The van der Waals surface area contributed by atoms with Crippen molar-refractivity contribution in [3.63, 3.8) is 0 Å². The van der Waals surface area contributed by atoms with Gasteiger partial charge in [0.25, 0.3) is 0 Å². The zero-order valence-corrected chi connectivity index (χ0v) is 68.1. The summed E-state index contributed by atoms with van der Waals surface area (Å²) in [6.45, 7) is 51.9. The fourth-order valence-corrected chi connectivity index (χ4v) is 5.07. The second-order valence-electron chi connectivity index (χ2n) is 22.1. The summed E-state index contributed by atoms with van der Waals surface area (Å²) in [5, 5.41) is 9.49. The molecule has 0 saturated carbocycles. The average molecular weight is 1170 g/mol. The summed E-state index contributed by atoms with van der Waals surface area (Å²) in [4.78, 5) is 8.72. The number of hydrogen-bond donors (Lipinski definition) is 0. The summed E-state index contributed by atoms with van der Waals surface area (Å²) in [5.74, 6) is 5.67. The van der Waals surface area contributed by atoms with Crippen LogP contribution in [0.5, 0.6) is 0 Å². The smallest absolute Gasteiger partial charge is 2.00 e. The molecule has 14 heteroatoms. The molecule has 0 aliphatic carbocycles. The molecule has 0 atom stereocenters. The molecule has 0 bridgehead atoms. The maximum atomic E-state index is 4.75. The first-order valence-electron chi connectivity index (χ1n) is 23.1. The van der Waals surface area contributed by atoms with E-state index in [-0.39, 0.29) is 170 Å². The third-order valence-electron chi connectivity index (χ3n) is 7.31. The van der Waals surface area contributed by atoms with E-state index in [0.29, 0.717) is 0 Å². The van der Waals surface area contributed by atoms with Crippen LogP contribution >= 0.6 is 0 Å². The largest absolute Gasteiger partial charge is 2.00 e. The Hall–Kier alpha value is 4.17. The maximum Gasteiger partial charge on any atom is 2.00 e. The normalized spacial score (nSPS) is 14.8. The summed E-state index contributed by atoms with van der Waals surface area (Å²) in [6, 6.07) is 0. The molecule has 0 aromatic rings. The van der Waals surface area contributed by atoms with Crippen molar-refractivity contribution < 1.29 is 148 Å². The fraction of sp³-hybridized carbons (Fsp3) is 0.923. The molecule has 2 aliphatic heterocycles. The molecule has 0 N–H and O–H groups in total. The molecule has 2 heterocycles. The summed E-state index contributed by atoms with van der Waals surface area (Å²) in [6.07, 6.45) is 13.3. The van der Waals surface area contributed by atoms with Gasteiger partial charge < -0.3 is 64.9 Å². The van der Waals surface area contributed by atoms with Gasteiger partial charge in [-0.2, -0.15) is 83.1 Å². The number of piperidine rings is 2. The zero-order chi connectivity index (χ0) is 47.9. The predicted molar refractivity (Wildman–Crippen MR) is 277 cm³/mol. The van der Waals surface area contributed by atoms with E-state index < -0.39 is 0 Å². The van der Waals surface area contributed by atoms with E-state index in [1.54, 1.807) is 0 Å². The van der Waals surface area contributed by atoms with Crippen molar-refractivity contribution in [3.05, 3.63) is 34.3 Å². The van der Waals surface area contributed by atoms with E-state index in [4.69, 9.17) is 10.6 Å². The van der Waals surface area contributed by atoms with Crippen LogP contribution in [0.3, 0.4) is 0 Å². The molecule has 378 valence electrons. The fourth-order valence-electron chi connectivity index (χ4n) is 5.07. The summed E-state index contributed by atoms with van der Waals surface area (Å²) < 4.78 is 0. The summed E-state index contributed by atoms with van der Waals surface area (Å²) in [7, 11) is 16.7. The molecule has 0 amide bonds. The molecule has 0 spiro atoms. The Bertz CT molecular complexity index is 680. The molecule has 2 fully saturated rings. The standard InChI is InChI=1S/2C9H18N.2C6H16N2.C6H14.4C4H9.2Na.2O.4Zn/c2*1-8(2)6-5-7-9(3,4)10-8;2*1-7(2)5-6-8(3)4;1-3-5-6-4-2;4*1-4(2)3;;;;;;;;/h2*5-7H2,1-4H3;2*5-6H2,1-4H3;3-6H2,1-2H3;4*1-3H3;;;;;;;;/q2*-1;;;;4*-1;2*+1;2*-2;4*+2. The van der Waals surface area contributed by atoms with Gasteiger partial charge >= 0.3 is 137 Å². The quantitative estimate of drug-likeness (QED) is 0.131. The molecule has 66 heavy (non-hydrogen) atoms. The van der Waals surface area contributed by atoms with Crippen molar-refractivity contribution in [1.29, 1.82) is 0 Å². The Kier molecular flexibility index (Phi) is 116. The molecule has 0 aromatic carbocycles. The van der Waals surface area contributed by atoms with Crippen LogP contribution in [0.1, 0.15) is 217 Å². The van der Waals surface area contributed by atoms with Crippen molar-refractivity contribution in [2.24, 2.45) is 0 Å². The monoisotopic (exact) mass is 1160 g/mol. The Balaban J connectivity index is -0.0000000343. The van der Waals surface area contributed by atoms with Crippen LogP contribution in [0.15, 0.2) is 0 Å². The van der Waals surface area contributed by atoms with E-state index in [2.05, 4.69) is 228 Å². The van der Waals surface area contributed by atoms with Gasteiger partial charge in [-0.25, -0.2) is 0 Å². The van der Waals surface area contributed by atoms with Gasteiger partial charge in [-0.3, -0.25) is 0 Å². The van der Waals surface area contributed by atoms with Gasteiger partial charge in [-0.15, -0.1) is 22.2 Å². The number of nitrogens with zero attached hydrogens (tertiary/aromatic N) is 6. The SMILES string of the molecule is CC1(C)CCCC(C)(C)[N-]1.CC1(C)CCCC(C)(C)[N-]1.CCCCCC.CN(C)CCN(C)C.CN(C)CCN(C)C.C[C-](C)C.C[C-](C)C.C[C-](C)C.C[C-](C)C.[Na+].[Na+].[O-2].[O-2].[Zn+2].[Zn+2].[Zn+2].[Zn+2]. The minimum atomic E-state index is 0. The van der Waals surface area contributed by atoms with Crippen LogP contribution in [0, 0.1) is 23.7 Å². The second kappa shape index (κ2) is 69.2. The Labute approximate surface area is 517 Å². The van der Waals surface area contributed by atoms with Gasteiger partial charge in [0.1, 0.15) is 0 Å². The zero-order valence-electron chi connectivity index (χ0n) is 52.2. The number of unbranched alkanes of at least 4 members (excludes halogenated alkanes) is 3. The first kappa shape index (κ1) is 110. The molecule has 2 aliphatic rings. The van der Waals surface area contributed by atoms with Crippen LogP contribution in [0.25, 0.3) is 10.6 Å². The van der Waals surface area contributed by atoms with Gasteiger partial charge in [0.15, 0.2) is 0 Å². The van der Waals surface area contributed by atoms with E-state index in [1.807, 2.05) is 0 Å². The average Bonchev–Trinajstić information content (AvgIpc) is 2.96. The van der Waals surface area contributed by atoms with Gasteiger partial charge in [-0.1, -0.05) is 133 Å². The van der Waals surface area contributed by atoms with Crippen LogP contribution in [0.2, 0.25) is 0 Å². The van der Waals surface area contributed by atoms with Crippen molar-refractivity contribution >= 4 is 0 Å². The Morgan fingerprint density at radius 2 is 0.470 bits per heavy atom. The first-order chi connectivity index (χ1) is 25.9. The van der Waals surface area contributed by atoms with Crippen LogP contribution < -0.4 is 59.1 Å². The van der Waals surface area contributed by atoms with Gasteiger partial charge in [0, 0.05) is 26.2 Å². The number of rotatable bonds is 9. The van der Waals surface area contributed by atoms with E-state index in [1.165, 1.54) is 87.9 Å². The third kappa shape index (κ3) is 151. The summed E-state index contributed by atoms with van der Waals surface area (Å²) in [5.41, 5.74) is 0.951. The molecule has 0 radical (unpaired) electrons. The molecule has 2 rings (SSSR count). The molecular formula is C52H118N6Na2O2Zn4. The third-order valence-corrected chi connectivity index (χ3v) is 7.31. The summed E-state index contributed by atoms with van der Waals surface area (Å²) >= 11 is 0. The molecular weight excluding hydrogens is 1050 g/mol. The molecule has 8 nitrogen and oxygen atoms in total. The van der Waals surface area contributed by atoms with Crippen molar-refractivity contribution in [2.75, 3.05) is 82.6 Å².